The Morgan fingerprint density at radius 1 is 1.12 bits per heavy atom. The molecule has 1 fully saturated rings. The van der Waals surface area contributed by atoms with Crippen LogP contribution in [0.15, 0.2) is 60.1 Å². The van der Waals surface area contributed by atoms with E-state index >= 15 is 0 Å². The maximum atomic E-state index is 14.2. The molecule has 4 heterocycles. The number of hydrogen-bond acceptors (Lipinski definition) is 7. The van der Waals surface area contributed by atoms with E-state index < -0.39 is 0 Å². The van der Waals surface area contributed by atoms with Gasteiger partial charge in [-0.25, -0.2) is 14.4 Å². The summed E-state index contributed by atoms with van der Waals surface area (Å²) in [6, 6.07) is 13.5. The second kappa shape index (κ2) is 11.4. The lowest BCUT2D eigenvalue weighted by Gasteiger charge is -2.35. The van der Waals surface area contributed by atoms with Crippen molar-refractivity contribution in [1.82, 2.24) is 24.6 Å². The van der Waals surface area contributed by atoms with Gasteiger partial charge in [0.2, 0.25) is 0 Å². The maximum absolute atomic E-state index is 14.2. The highest BCUT2D eigenvalue weighted by Crippen LogP contribution is 2.38. The minimum atomic E-state index is -0.348. The Labute approximate surface area is 244 Å². The highest BCUT2D eigenvalue weighted by molar-refractivity contribution is 7.18. The number of thiazole rings is 2. The zero-order valence-electron chi connectivity index (χ0n) is 22.6. The first-order valence-corrected chi connectivity index (χ1v) is 15.0. The normalized spacial score (nSPS) is 15.3. The highest BCUT2D eigenvalue weighted by atomic mass is 32.1. The van der Waals surface area contributed by atoms with Crippen LogP contribution in [-0.4, -0.2) is 57.3 Å². The number of halogens is 1. The Morgan fingerprint density at radius 2 is 1.95 bits per heavy atom. The van der Waals surface area contributed by atoms with Crippen molar-refractivity contribution in [2.45, 2.75) is 32.2 Å². The SMILES string of the molecule is COc1cccc(-c2nc(C(=O)N3CCCC[C@H]3CNC(=O)c3c(C)nc4sccn34)c(-c3ccc(F)cc3)s2)c1. The Kier molecular flexibility index (Phi) is 7.55. The Bertz CT molecular complexity index is 1730. The first-order valence-electron chi connectivity index (χ1n) is 13.4. The molecular weight excluding hydrogens is 561 g/mol. The van der Waals surface area contributed by atoms with Crippen molar-refractivity contribution >= 4 is 39.4 Å². The van der Waals surface area contributed by atoms with Crippen LogP contribution in [-0.2, 0) is 0 Å². The van der Waals surface area contributed by atoms with Crippen LogP contribution in [0.4, 0.5) is 4.39 Å². The van der Waals surface area contributed by atoms with Crippen molar-refractivity contribution in [3.8, 4) is 26.8 Å². The number of carbonyl (C=O) groups is 2. The average molecular weight is 590 g/mol. The number of carbonyl (C=O) groups excluding carboxylic acids is 2. The average Bonchev–Trinajstić information content (AvgIpc) is 3.71. The van der Waals surface area contributed by atoms with Gasteiger partial charge in [-0.15, -0.1) is 22.7 Å². The molecule has 2 aromatic carbocycles. The van der Waals surface area contributed by atoms with Gasteiger partial charge >= 0.3 is 0 Å². The van der Waals surface area contributed by atoms with Crippen molar-refractivity contribution in [1.29, 1.82) is 0 Å². The molecule has 1 N–H and O–H groups in total. The molecule has 0 unspecified atom stereocenters. The van der Waals surface area contributed by atoms with Gasteiger partial charge in [0.25, 0.3) is 11.8 Å². The minimum absolute atomic E-state index is 0.186. The van der Waals surface area contributed by atoms with Crippen molar-refractivity contribution in [3.05, 3.63) is 83.0 Å². The van der Waals surface area contributed by atoms with E-state index in [0.29, 0.717) is 45.8 Å². The zero-order valence-corrected chi connectivity index (χ0v) is 24.2. The number of methoxy groups -OCH3 is 1. The van der Waals surface area contributed by atoms with Gasteiger partial charge in [-0.3, -0.25) is 14.0 Å². The molecular formula is C30H28FN5O3S2. The van der Waals surface area contributed by atoms with E-state index in [9.17, 15) is 14.0 Å². The van der Waals surface area contributed by atoms with E-state index in [4.69, 9.17) is 9.72 Å². The van der Waals surface area contributed by atoms with E-state index in [-0.39, 0.29) is 23.7 Å². The number of piperidine rings is 1. The van der Waals surface area contributed by atoms with E-state index in [1.165, 1.54) is 34.8 Å². The largest absolute Gasteiger partial charge is 0.497 e. The number of likely N-dealkylation sites (tertiary alicyclic amines) is 1. The third kappa shape index (κ3) is 5.34. The number of ether oxygens (including phenoxy) is 1. The lowest BCUT2D eigenvalue weighted by Crippen LogP contribution is -2.49. The van der Waals surface area contributed by atoms with Gasteiger partial charge in [-0.05, 0) is 56.0 Å². The number of imidazole rings is 1. The van der Waals surface area contributed by atoms with Gasteiger partial charge in [0, 0.05) is 36.3 Å². The number of nitrogens with one attached hydrogen (secondary N) is 1. The standard InChI is InChI=1S/C30H28FN5O3S2/c1-18-25(36-14-15-40-30(36)33-18)27(37)32-17-22-7-3-4-13-35(22)29(38)24-26(19-9-11-21(31)12-10-19)41-28(34-24)20-6-5-8-23(16-20)39-2/h5-6,8-12,14-16,22H,3-4,7,13,17H2,1-2H3,(H,32,37)/t22-/m0/s1. The summed E-state index contributed by atoms with van der Waals surface area (Å²) in [6.45, 7) is 2.71. The molecule has 6 rings (SSSR count). The number of rotatable bonds is 7. The van der Waals surface area contributed by atoms with Crippen LogP contribution in [0, 0.1) is 12.7 Å². The van der Waals surface area contributed by atoms with Crippen molar-refractivity contribution in [2.75, 3.05) is 20.2 Å². The molecule has 1 saturated heterocycles. The smallest absolute Gasteiger partial charge is 0.274 e. The fourth-order valence-electron chi connectivity index (χ4n) is 5.22. The van der Waals surface area contributed by atoms with Gasteiger partial charge in [-0.2, -0.15) is 0 Å². The van der Waals surface area contributed by atoms with Crippen LogP contribution in [0.5, 0.6) is 5.75 Å². The maximum Gasteiger partial charge on any atom is 0.274 e. The predicted molar refractivity (Wildman–Crippen MR) is 158 cm³/mol. The number of benzene rings is 2. The lowest BCUT2D eigenvalue weighted by atomic mass is 10.0. The molecule has 5 aromatic rings. The third-order valence-electron chi connectivity index (χ3n) is 7.29. The number of aromatic nitrogens is 3. The van der Waals surface area contributed by atoms with Crippen molar-refractivity contribution in [2.24, 2.45) is 0 Å². The van der Waals surface area contributed by atoms with Crippen LogP contribution < -0.4 is 10.1 Å². The summed E-state index contributed by atoms with van der Waals surface area (Å²) in [4.78, 5) is 39.9. The summed E-state index contributed by atoms with van der Waals surface area (Å²) in [5.41, 5.74) is 3.05. The Hall–Kier alpha value is -4.09. The molecule has 0 saturated carbocycles. The second-order valence-electron chi connectivity index (χ2n) is 9.90. The molecule has 8 nitrogen and oxygen atoms in total. The second-order valence-corrected chi connectivity index (χ2v) is 11.8. The topological polar surface area (TPSA) is 88.8 Å². The van der Waals surface area contributed by atoms with Crippen LogP contribution in [0.3, 0.4) is 0 Å². The van der Waals surface area contributed by atoms with E-state index in [1.54, 1.807) is 23.6 Å². The van der Waals surface area contributed by atoms with E-state index in [1.807, 2.05) is 47.7 Å². The number of fused-ring (bicyclic) bond motifs is 1. The Balaban J connectivity index is 1.29. The van der Waals surface area contributed by atoms with Crippen molar-refractivity contribution in [3.63, 3.8) is 0 Å². The summed E-state index contributed by atoms with van der Waals surface area (Å²) in [6.07, 6.45) is 4.43. The van der Waals surface area contributed by atoms with Gasteiger partial charge in [0.1, 0.15) is 28.0 Å². The molecule has 1 aliphatic heterocycles. The summed E-state index contributed by atoms with van der Waals surface area (Å²) in [7, 11) is 1.60. The molecule has 0 bridgehead atoms. The number of hydrogen-bond donors (Lipinski definition) is 1. The highest BCUT2D eigenvalue weighted by Gasteiger charge is 2.32. The van der Waals surface area contributed by atoms with Gasteiger partial charge in [0.15, 0.2) is 4.96 Å². The lowest BCUT2D eigenvalue weighted by molar-refractivity contribution is 0.0598. The minimum Gasteiger partial charge on any atom is -0.497 e. The van der Waals surface area contributed by atoms with Crippen molar-refractivity contribution < 1.29 is 18.7 Å². The molecule has 2 amide bonds. The van der Waals surface area contributed by atoms with Gasteiger partial charge < -0.3 is 15.0 Å². The molecule has 1 atom stereocenters. The quantitative estimate of drug-likeness (QED) is 0.249. The van der Waals surface area contributed by atoms with Gasteiger partial charge in [-0.1, -0.05) is 24.3 Å². The first kappa shape index (κ1) is 27.1. The predicted octanol–water partition coefficient (Wildman–Crippen LogP) is 6.07. The first-order chi connectivity index (χ1) is 19.9. The van der Waals surface area contributed by atoms with Crippen LogP contribution in [0.25, 0.3) is 26.0 Å². The van der Waals surface area contributed by atoms with Crippen LogP contribution in [0.2, 0.25) is 0 Å². The third-order valence-corrected chi connectivity index (χ3v) is 9.20. The fourth-order valence-corrected chi connectivity index (χ4v) is 7.04. The molecule has 3 aromatic heterocycles. The van der Waals surface area contributed by atoms with Gasteiger partial charge in [0.05, 0.1) is 17.7 Å². The number of nitrogens with zero attached hydrogens (tertiary/aromatic N) is 4. The molecule has 210 valence electrons. The number of aryl methyl sites for hydroxylation is 1. The zero-order chi connectivity index (χ0) is 28.5. The summed E-state index contributed by atoms with van der Waals surface area (Å²) >= 11 is 2.86. The van der Waals surface area contributed by atoms with E-state index in [2.05, 4.69) is 10.3 Å². The molecule has 0 spiro atoms. The van der Waals surface area contributed by atoms with Crippen LogP contribution in [0.1, 0.15) is 45.9 Å². The molecule has 1 aliphatic rings. The summed E-state index contributed by atoms with van der Waals surface area (Å²) in [5.74, 6) is -0.0742. The van der Waals surface area contributed by atoms with Crippen LogP contribution >= 0.6 is 22.7 Å². The molecule has 0 aliphatic carbocycles. The molecule has 11 heteroatoms. The fraction of sp³-hybridized carbons (Fsp3) is 0.267. The summed E-state index contributed by atoms with van der Waals surface area (Å²) < 4.78 is 20.9. The Morgan fingerprint density at radius 3 is 2.76 bits per heavy atom. The summed E-state index contributed by atoms with van der Waals surface area (Å²) in [5, 5.41) is 5.61. The number of amides is 2. The van der Waals surface area contributed by atoms with E-state index in [0.717, 1.165) is 35.4 Å². The molecule has 0 radical (unpaired) electrons. The monoisotopic (exact) mass is 589 g/mol. The molecule has 41 heavy (non-hydrogen) atoms.